The second-order valence-electron chi connectivity index (χ2n) is 5.94. The van der Waals surface area contributed by atoms with Gasteiger partial charge in [0.05, 0.1) is 10.9 Å². The lowest BCUT2D eigenvalue weighted by Crippen LogP contribution is -1.92. The molecule has 1 aliphatic carbocycles. The molecule has 4 rings (SSSR count). The summed E-state index contributed by atoms with van der Waals surface area (Å²) >= 11 is 0. The Bertz CT molecular complexity index is 765. The number of nitrogens with two attached hydrogens (primary N) is 1. The molecule has 1 saturated carbocycles. The summed E-state index contributed by atoms with van der Waals surface area (Å²) in [6, 6.07) is 15.2. The van der Waals surface area contributed by atoms with E-state index in [9.17, 15) is 0 Å². The first-order valence-corrected chi connectivity index (χ1v) is 7.66. The van der Waals surface area contributed by atoms with E-state index in [-0.39, 0.29) is 0 Å². The second kappa shape index (κ2) is 4.92. The van der Waals surface area contributed by atoms with Gasteiger partial charge >= 0.3 is 0 Å². The molecule has 0 saturated heterocycles. The van der Waals surface area contributed by atoms with Crippen molar-refractivity contribution in [2.45, 2.75) is 31.6 Å². The fraction of sp³-hybridized carbons (Fsp3) is 0.278. The highest BCUT2D eigenvalue weighted by atomic mass is 15.1. The van der Waals surface area contributed by atoms with Crippen LogP contribution in [-0.2, 0) is 0 Å². The zero-order valence-electron chi connectivity index (χ0n) is 12.0. The number of anilines is 1. The summed E-state index contributed by atoms with van der Waals surface area (Å²) in [6.45, 7) is 0. The van der Waals surface area contributed by atoms with Crippen molar-refractivity contribution in [3.8, 4) is 11.1 Å². The van der Waals surface area contributed by atoms with Gasteiger partial charge in [-0.3, -0.25) is 5.10 Å². The average molecular weight is 277 g/mol. The fourth-order valence-corrected chi connectivity index (χ4v) is 3.53. The lowest BCUT2D eigenvalue weighted by atomic mass is 9.94. The topological polar surface area (TPSA) is 54.7 Å². The van der Waals surface area contributed by atoms with Crippen molar-refractivity contribution in [2.24, 2.45) is 0 Å². The number of hydrogen-bond acceptors (Lipinski definition) is 2. The predicted molar refractivity (Wildman–Crippen MR) is 87.2 cm³/mol. The van der Waals surface area contributed by atoms with Crippen molar-refractivity contribution in [2.75, 3.05) is 5.73 Å². The maximum atomic E-state index is 6.00. The van der Waals surface area contributed by atoms with Gasteiger partial charge in [0.15, 0.2) is 5.82 Å². The number of benzene rings is 2. The third-order valence-electron chi connectivity index (χ3n) is 4.67. The van der Waals surface area contributed by atoms with Crippen molar-refractivity contribution >= 4 is 16.7 Å². The van der Waals surface area contributed by atoms with Gasteiger partial charge in [0.1, 0.15) is 0 Å². The number of aromatic amines is 1. The molecule has 1 aromatic heterocycles. The number of nitrogens with one attached hydrogen (secondary N) is 1. The molecule has 1 fully saturated rings. The molecule has 21 heavy (non-hydrogen) atoms. The van der Waals surface area contributed by atoms with Gasteiger partial charge in [-0.1, -0.05) is 49.2 Å². The van der Waals surface area contributed by atoms with Gasteiger partial charge < -0.3 is 5.73 Å². The van der Waals surface area contributed by atoms with Crippen LogP contribution in [-0.4, -0.2) is 10.2 Å². The Morgan fingerprint density at radius 1 is 1.00 bits per heavy atom. The number of nitrogen functional groups attached to an aromatic ring is 1. The number of aromatic nitrogens is 2. The Kier molecular flexibility index (Phi) is 2.92. The average Bonchev–Trinajstić information content (AvgIpc) is 3.18. The van der Waals surface area contributed by atoms with E-state index in [0.717, 1.165) is 22.4 Å². The maximum absolute atomic E-state index is 6.00. The highest BCUT2D eigenvalue weighted by Crippen LogP contribution is 2.36. The van der Waals surface area contributed by atoms with E-state index in [1.54, 1.807) is 0 Å². The molecule has 0 aliphatic heterocycles. The van der Waals surface area contributed by atoms with Gasteiger partial charge in [0.25, 0.3) is 0 Å². The van der Waals surface area contributed by atoms with Crippen LogP contribution in [0.2, 0.25) is 0 Å². The third-order valence-corrected chi connectivity index (χ3v) is 4.67. The summed E-state index contributed by atoms with van der Waals surface area (Å²) in [6.07, 6.45) is 5.42. The monoisotopic (exact) mass is 277 g/mol. The van der Waals surface area contributed by atoms with Crippen molar-refractivity contribution in [1.29, 1.82) is 0 Å². The highest BCUT2D eigenvalue weighted by Gasteiger charge is 2.17. The number of hydrogen-bond donors (Lipinski definition) is 2. The summed E-state index contributed by atoms with van der Waals surface area (Å²) in [5.74, 6) is 1.33. The third kappa shape index (κ3) is 2.09. The first kappa shape index (κ1) is 12.5. The van der Waals surface area contributed by atoms with E-state index in [1.807, 2.05) is 12.1 Å². The van der Waals surface area contributed by atoms with Crippen LogP contribution in [0.1, 0.15) is 37.2 Å². The molecule has 0 bridgehead atoms. The van der Waals surface area contributed by atoms with Gasteiger partial charge in [-0.05, 0) is 41.5 Å². The van der Waals surface area contributed by atoms with Crippen LogP contribution in [0.5, 0.6) is 0 Å². The maximum Gasteiger partial charge on any atom is 0.153 e. The minimum absolute atomic E-state index is 0.570. The van der Waals surface area contributed by atoms with Gasteiger partial charge in [-0.15, -0.1) is 0 Å². The summed E-state index contributed by atoms with van der Waals surface area (Å²) in [4.78, 5) is 0. The van der Waals surface area contributed by atoms with E-state index in [1.165, 1.54) is 36.8 Å². The first-order valence-electron chi connectivity index (χ1n) is 7.66. The van der Waals surface area contributed by atoms with Crippen LogP contribution in [0.3, 0.4) is 0 Å². The molecule has 0 unspecified atom stereocenters. The van der Waals surface area contributed by atoms with Crippen LogP contribution >= 0.6 is 0 Å². The minimum atomic E-state index is 0.570. The quantitative estimate of drug-likeness (QED) is 0.726. The van der Waals surface area contributed by atoms with E-state index < -0.39 is 0 Å². The molecule has 1 heterocycles. The zero-order chi connectivity index (χ0) is 14.2. The summed E-state index contributed by atoms with van der Waals surface area (Å²) < 4.78 is 0. The van der Waals surface area contributed by atoms with Crippen molar-refractivity contribution in [3.05, 3.63) is 48.0 Å². The van der Waals surface area contributed by atoms with Crippen molar-refractivity contribution in [3.63, 3.8) is 0 Å². The van der Waals surface area contributed by atoms with E-state index in [0.29, 0.717) is 5.82 Å². The second-order valence-corrected chi connectivity index (χ2v) is 5.94. The molecule has 106 valence electrons. The largest absolute Gasteiger partial charge is 0.382 e. The van der Waals surface area contributed by atoms with Crippen LogP contribution in [0, 0.1) is 0 Å². The lowest BCUT2D eigenvalue weighted by molar-refractivity contribution is 0.723. The van der Waals surface area contributed by atoms with E-state index in [2.05, 4.69) is 40.5 Å². The van der Waals surface area contributed by atoms with E-state index >= 15 is 0 Å². The summed E-state index contributed by atoms with van der Waals surface area (Å²) in [5.41, 5.74) is 10.8. The Morgan fingerprint density at radius 2 is 1.76 bits per heavy atom. The Morgan fingerprint density at radius 3 is 2.52 bits per heavy atom. The van der Waals surface area contributed by atoms with Crippen LogP contribution < -0.4 is 5.73 Å². The lowest BCUT2D eigenvalue weighted by Gasteiger charge is -2.11. The SMILES string of the molecule is Nc1n[nH]c2cccc(-c3ccc(C4CCCC4)cc3)c12. The predicted octanol–water partition coefficient (Wildman–Crippen LogP) is 4.47. The summed E-state index contributed by atoms with van der Waals surface area (Å²) in [7, 11) is 0. The Hall–Kier alpha value is -2.29. The molecule has 0 atom stereocenters. The molecule has 2 aromatic carbocycles. The Balaban J connectivity index is 1.76. The minimum Gasteiger partial charge on any atom is -0.382 e. The number of fused-ring (bicyclic) bond motifs is 1. The molecule has 0 spiro atoms. The molecular weight excluding hydrogens is 258 g/mol. The fourth-order valence-electron chi connectivity index (χ4n) is 3.53. The normalized spacial score (nSPS) is 15.8. The van der Waals surface area contributed by atoms with Crippen molar-refractivity contribution < 1.29 is 0 Å². The molecule has 3 aromatic rings. The van der Waals surface area contributed by atoms with Gasteiger partial charge in [0.2, 0.25) is 0 Å². The Labute approximate surface area is 124 Å². The molecular formula is C18H19N3. The van der Waals surface area contributed by atoms with Crippen molar-refractivity contribution in [1.82, 2.24) is 10.2 Å². The van der Waals surface area contributed by atoms with Crippen LogP contribution in [0.25, 0.3) is 22.0 Å². The zero-order valence-corrected chi connectivity index (χ0v) is 12.0. The molecule has 0 amide bonds. The summed E-state index contributed by atoms with van der Waals surface area (Å²) in [5, 5.41) is 8.11. The van der Waals surface area contributed by atoms with Crippen LogP contribution in [0.15, 0.2) is 42.5 Å². The standard InChI is InChI=1S/C18H19N3/c19-18-17-15(6-3-7-16(17)20-21-18)14-10-8-13(9-11-14)12-4-1-2-5-12/h3,6-12H,1-2,4-5H2,(H3,19,20,21). The molecule has 1 aliphatic rings. The number of H-pyrrole nitrogens is 1. The van der Waals surface area contributed by atoms with Gasteiger partial charge in [-0.2, -0.15) is 5.10 Å². The number of rotatable bonds is 2. The first-order chi connectivity index (χ1) is 10.3. The van der Waals surface area contributed by atoms with Gasteiger partial charge in [0, 0.05) is 0 Å². The van der Waals surface area contributed by atoms with Gasteiger partial charge in [-0.25, -0.2) is 0 Å². The highest BCUT2D eigenvalue weighted by molar-refractivity contribution is 6.01. The number of nitrogens with zero attached hydrogens (tertiary/aromatic N) is 1. The molecule has 3 N–H and O–H groups in total. The molecule has 3 heteroatoms. The molecule has 0 radical (unpaired) electrons. The smallest absolute Gasteiger partial charge is 0.153 e. The van der Waals surface area contributed by atoms with E-state index in [4.69, 9.17) is 5.73 Å². The molecule has 3 nitrogen and oxygen atoms in total. The van der Waals surface area contributed by atoms with Crippen LogP contribution in [0.4, 0.5) is 5.82 Å².